The van der Waals surface area contributed by atoms with Crippen LogP contribution in [-0.2, 0) is 95.0 Å². The molecule has 8 aromatic rings. The number of aliphatic carboxylic acids is 4. The Morgan fingerprint density at radius 2 is 0.651 bits per heavy atom. The lowest BCUT2D eigenvalue weighted by atomic mass is 10.1. The predicted octanol–water partition coefficient (Wildman–Crippen LogP) is 20.3. The number of ether oxygens (including phenoxy) is 4. The molecule has 0 aromatic heterocycles. The van der Waals surface area contributed by atoms with E-state index in [2.05, 4.69) is 90.3 Å². The van der Waals surface area contributed by atoms with E-state index >= 15 is 0 Å². The third-order valence-electron chi connectivity index (χ3n) is 14.0. The molecule has 9 N–H and O–H groups in total. The molecular weight excluding hydrogens is 1800 g/mol. The van der Waals surface area contributed by atoms with Crippen molar-refractivity contribution < 1.29 is 95.7 Å². The van der Waals surface area contributed by atoms with Crippen LogP contribution in [0.4, 0.5) is 41.6 Å². The fourth-order valence-electron chi connectivity index (χ4n) is 9.84. The number of alkyl halides is 3. The quantitative estimate of drug-likeness (QED) is 0.0206. The van der Waals surface area contributed by atoms with Crippen LogP contribution in [0.2, 0.25) is 25.1 Å². The Labute approximate surface area is 682 Å². The normalized spacial score (nSPS) is 10.6. The topological polar surface area (TPSA) is 332 Å². The van der Waals surface area contributed by atoms with Crippen molar-refractivity contribution in [2.75, 3.05) is 26.6 Å². The van der Waals surface area contributed by atoms with E-state index in [0.29, 0.717) is 88.9 Å². The first-order valence-electron chi connectivity index (χ1n) is 32.0. The van der Waals surface area contributed by atoms with Gasteiger partial charge in [-0.25, -0.2) is 0 Å². The van der Waals surface area contributed by atoms with Crippen LogP contribution in [0.25, 0.3) is 0 Å². The minimum absolute atomic E-state index is 0.0126. The summed E-state index contributed by atoms with van der Waals surface area (Å²) in [5.41, 5.74) is 8.35. The van der Waals surface area contributed by atoms with Crippen molar-refractivity contribution in [2.45, 2.75) is 119 Å². The molecule has 0 fully saturated rings. The maximum atomic E-state index is 13.1. The first-order chi connectivity index (χ1) is 51.1. The number of rotatable bonds is 28. The van der Waals surface area contributed by atoms with Gasteiger partial charge < -0.3 is 66.0 Å². The zero-order chi connectivity index (χ0) is 81.1. The first-order valence-corrected chi connectivity index (χ1v) is 37.1. The molecule has 22 nitrogen and oxygen atoms in total. The van der Waals surface area contributed by atoms with Gasteiger partial charge in [-0.1, -0.05) is 70.1 Å². The van der Waals surface area contributed by atoms with Crippen LogP contribution in [-0.4, -0.2) is 73.8 Å². The second-order valence-electron chi connectivity index (χ2n) is 23.8. The molecule has 34 heteroatoms. The largest absolute Gasteiger partial charge is 0.487 e. The van der Waals surface area contributed by atoms with Crippen LogP contribution in [0.1, 0.15) is 109 Å². The maximum Gasteiger partial charge on any atom is 0.416 e. The molecule has 0 radical (unpaired) electrons. The summed E-state index contributed by atoms with van der Waals surface area (Å²) < 4.78 is 65.0. The first kappa shape index (κ1) is 91.0. The lowest BCUT2D eigenvalue weighted by Crippen LogP contribution is -2.16. The number of carbonyl (C=O) groups is 9. The number of aryl methyl sites for hydroxylation is 5. The zero-order valence-corrected chi connectivity index (χ0v) is 68.6. The van der Waals surface area contributed by atoms with Crippen LogP contribution in [0.3, 0.4) is 0 Å². The van der Waals surface area contributed by atoms with E-state index in [1.807, 2.05) is 62.4 Å². The molecule has 8 rings (SSSR count). The number of halogens is 12. The second kappa shape index (κ2) is 43.7. The van der Waals surface area contributed by atoms with Crippen molar-refractivity contribution in [3.8, 4) is 23.0 Å². The Balaban J connectivity index is 0.000000261. The summed E-state index contributed by atoms with van der Waals surface area (Å²) in [6, 6.07) is 32.8. The number of carboxylic acids is 4. The van der Waals surface area contributed by atoms with Crippen LogP contribution in [0.5, 0.6) is 23.0 Å². The molecule has 0 spiro atoms. The van der Waals surface area contributed by atoms with E-state index in [0.717, 1.165) is 60.1 Å². The second-order valence-corrected chi connectivity index (χ2v) is 29.3. The van der Waals surface area contributed by atoms with Gasteiger partial charge in [0.2, 0.25) is 29.5 Å². The maximum absolute atomic E-state index is 13.1. The molecule has 8 aromatic carbocycles. The van der Waals surface area contributed by atoms with Crippen molar-refractivity contribution >= 4 is 204 Å². The molecule has 0 aliphatic rings. The molecule has 0 heterocycles. The zero-order valence-electron chi connectivity index (χ0n) is 58.5. The number of carboxylic acid groups (broad SMARTS) is 4. The SMILES string of the molecule is CC(=O)Nc1cc(C)cc(COc2c(Br)cc(CCC(=O)O)cc2Br)c1.CC(=O)Nc1cc(C)cc(COc2c(Br)cc(NC(=O)CC(=O)O)cc2Br)c1.CC(=O)Nc1cc(COc2c(Cl)cc(CCC(=O)O)cc2Cl)cc(C(F)(F)F)c1.CC(=O)Nc1cc(Cl)cc(COc2c(Cl)cc(CCC(=O)O)cc2Cl)c1. The van der Waals surface area contributed by atoms with Crippen molar-refractivity contribution in [3.05, 3.63) is 220 Å². The van der Waals surface area contributed by atoms with Crippen LogP contribution in [0.15, 0.2) is 139 Å². The molecule has 0 atom stereocenters. The smallest absolute Gasteiger partial charge is 0.416 e. The van der Waals surface area contributed by atoms with Gasteiger partial charge in [-0.3, -0.25) is 43.2 Å². The minimum atomic E-state index is -4.61. The van der Waals surface area contributed by atoms with Crippen LogP contribution in [0, 0.1) is 13.8 Å². The van der Waals surface area contributed by atoms with E-state index in [1.165, 1.54) is 45.9 Å². The summed E-state index contributed by atoms with van der Waals surface area (Å²) in [4.78, 5) is 99.1. The number of nitrogens with one attached hydrogen (secondary N) is 5. The highest BCUT2D eigenvalue weighted by Crippen LogP contribution is 2.41. The average Bonchev–Trinajstić information content (AvgIpc) is 0.832. The Morgan fingerprint density at radius 1 is 0.358 bits per heavy atom. The van der Waals surface area contributed by atoms with E-state index in [4.69, 9.17) is 97.4 Å². The summed E-state index contributed by atoms with van der Waals surface area (Å²) in [6.07, 6.45) is -4.28. The van der Waals surface area contributed by atoms with Crippen molar-refractivity contribution in [1.29, 1.82) is 0 Å². The third-order valence-corrected chi connectivity index (χ3v) is 17.7. The van der Waals surface area contributed by atoms with Crippen LogP contribution >= 0.6 is 122 Å². The number of hydrogen-bond acceptors (Lipinski definition) is 13. The highest BCUT2D eigenvalue weighted by Gasteiger charge is 2.32. The molecule has 109 heavy (non-hydrogen) atoms. The summed E-state index contributed by atoms with van der Waals surface area (Å²) in [5, 5.41) is 49.2. The van der Waals surface area contributed by atoms with Gasteiger partial charge >= 0.3 is 30.1 Å². The van der Waals surface area contributed by atoms with Gasteiger partial charge in [0.15, 0.2) is 11.5 Å². The number of benzene rings is 8. The highest BCUT2D eigenvalue weighted by atomic mass is 79.9. The molecule has 0 saturated heterocycles. The highest BCUT2D eigenvalue weighted by molar-refractivity contribution is 9.11. The van der Waals surface area contributed by atoms with E-state index in [-0.39, 0.29) is 90.3 Å². The van der Waals surface area contributed by atoms with Gasteiger partial charge in [-0.15, -0.1) is 0 Å². The monoisotopic (exact) mass is 1860 g/mol. The van der Waals surface area contributed by atoms with Crippen LogP contribution < -0.4 is 45.5 Å². The Hall–Kier alpha value is -8.65. The predicted molar refractivity (Wildman–Crippen MR) is 425 cm³/mol. The Morgan fingerprint density at radius 3 is 0.982 bits per heavy atom. The lowest BCUT2D eigenvalue weighted by Gasteiger charge is -2.15. The number of amides is 5. The standard InChI is InChI=1S/C19H18Br2N2O5.C19H19Br2NO4.C19H16Cl2F3NO4.C18H16Cl3NO4/c1-10-3-12(5-13(4-10)22-11(2)24)9-28-19-15(20)6-14(7-16(19)21)23-17(25)8-18(26)27;1-11-5-14(7-15(6-11)22-12(2)23)10-26-19-16(20)8-13(9-17(19)21)3-4-18(24)25;1-10(26)25-14-5-12(4-13(8-14)19(22,23)24)9-29-18-15(20)6-11(7-16(18)21)2-3-17(27)28;1-10(23)22-14-5-12(4-13(19)8-14)9-26-18-15(20)6-11(7-16(18)21)2-3-17(24)25/h3-7H,8-9H2,1-2H3,(H,22,24)(H,23,25)(H,26,27);5-9H,3-4,10H2,1-2H3,(H,22,23)(H,24,25);4-8H,2-3,9H2,1H3,(H,25,26)(H,27,28);4-8H,2-3,9H2,1H3,(H,22,23)(H,24,25). The van der Waals surface area contributed by atoms with E-state index in [1.54, 1.807) is 42.5 Å². The van der Waals surface area contributed by atoms with Gasteiger partial charge in [0.05, 0.1) is 43.5 Å². The molecule has 0 unspecified atom stereocenters. The third kappa shape index (κ3) is 33.2. The van der Waals surface area contributed by atoms with Gasteiger partial charge in [-0.2, -0.15) is 13.2 Å². The molecule has 580 valence electrons. The Kier molecular flexibility index (Phi) is 36.4. The van der Waals surface area contributed by atoms with Crippen molar-refractivity contribution in [1.82, 2.24) is 0 Å². The van der Waals surface area contributed by atoms with E-state index in [9.17, 15) is 56.3 Å². The van der Waals surface area contributed by atoms with Gasteiger partial charge in [0.25, 0.3) is 0 Å². The molecule has 0 aliphatic carbocycles. The minimum Gasteiger partial charge on any atom is -0.487 e. The van der Waals surface area contributed by atoms with Crippen molar-refractivity contribution in [3.63, 3.8) is 0 Å². The summed E-state index contributed by atoms with van der Waals surface area (Å²) in [5.74, 6) is -3.98. The average molecular weight is 1870 g/mol. The molecule has 0 bridgehead atoms. The Bertz CT molecular complexity index is 4480. The fraction of sp³-hybridized carbons (Fsp3) is 0.240. The molecule has 0 saturated carbocycles. The number of hydrogen-bond donors (Lipinski definition) is 9. The summed E-state index contributed by atoms with van der Waals surface area (Å²) >= 11 is 44.5. The molecule has 0 aliphatic heterocycles. The van der Waals surface area contributed by atoms with E-state index < -0.39 is 53.9 Å². The summed E-state index contributed by atoms with van der Waals surface area (Å²) in [7, 11) is 0. The number of anilines is 5. The van der Waals surface area contributed by atoms with Gasteiger partial charge in [0, 0.05) is 80.4 Å². The molecular formula is C75H69Br4Cl5F3N5O17. The molecule has 5 amide bonds. The number of carbonyl (C=O) groups excluding carboxylic acids is 5. The lowest BCUT2D eigenvalue weighted by molar-refractivity contribution is -0.140. The van der Waals surface area contributed by atoms with Gasteiger partial charge in [0.1, 0.15) is 44.3 Å². The summed E-state index contributed by atoms with van der Waals surface area (Å²) in [6.45, 7) is 9.83. The van der Waals surface area contributed by atoms with Crippen molar-refractivity contribution in [2.24, 2.45) is 0 Å². The van der Waals surface area contributed by atoms with Gasteiger partial charge in [-0.05, 0) is 256 Å². The fourth-order valence-corrected chi connectivity index (χ4v) is 14.3.